The van der Waals surface area contributed by atoms with Crippen LogP contribution < -0.4 is 16.0 Å². The van der Waals surface area contributed by atoms with Crippen molar-refractivity contribution in [2.24, 2.45) is 7.05 Å². The number of carbonyl (C=O) groups is 4. The lowest BCUT2D eigenvalue weighted by Gasteiger charge is -2.15. The zero-order valence-corrected chi connectivity index (χ0v) is 16.9. The fourth-order valence-electron chi connectivity index (χ4n) is 2.13. The van der Waals surface area contributed by atoms with Crippen LogP contribution in [0.2, 0.25) is 0 Å². The Morgan fingerprint density at radius 1 is 1.24 bits per heavy atom. The number of anilines is 1. The van der Waals surface area contributed by atoms with Crippen molar-refractivity contribution >= 4 is 41.3 Å². The minimum absolute atomic E-state index is 0.0856. The molecule has 0 aliphatic heterocycles. The molecule has 11 heteroatoms. The Balaban J connectivity index is 1.99. The molecule has 3 N–H and O–H groups in total. The van der Waals surface area contributed by atoms with Gasteiger partial charge >= 0.3 is 12.0 Å². The molecule has 0 saturated carbocycles. The van der Waals surface area contributed by atoms with Crippen molar-refractivity contribution in [2.75, 3.05) is 18.1 Å². The van der Waals surface area contributed by atoms with E-state index in [0.29, 0.717) is 5.16 Å². The van der Waals surface area contributed by atoms with Crippen molar-refractivity contribution in [1.82, 2.24) is 20.2 Å². The molecular weight excluding hydrogens is 398 g/mol. The van der Waals surface area contributed by atoms with Gasteiger partial charge in [-0.3, -0.25) is 14.9 Å². The van der Waals surface area contributed by atoms with Crippen LogP contribution in [0.4, 0.5) is 10.5 Å². The molecule has 1 atom stereocenters. The van der Waals surface area contributed by atoms with Gasteiger partial charge in [-0.2, -0.15) is 0 Å². The van der Waals surface area contributed by atoms with E-state index in [1.807, 2.05) is 12.4 Å². The lowest BCUT2D eigenvalue weighted by molar-refractivity contribution is -0.127. The lowest BCUT2D eigenvalue weighted by atomic mass is 10.1. The molecule has 1 aromatic carbocycles. The van der Waals surface area contributed by atoms with Crippen molar-refractivity contribution in [2.45, 2.75) is 18.2 Å². The Bertz CT molecular complexity index is 914. The summed E-state index contributed by atoms with van der Waals surface area (Å²) in [5, 5.41) is 7.59. The highest BCUT2D eigenvalue weighted by Gasteiger charge is 2.22. The molecule has 2 rings (SSSR count). The number of hydrogen-bond acceptors (Lipinski definition) is 7. The van der Waals surface area contributed by atoms with Gasteiger partial charge in [0.15, 0.2) is 11.3 Å². The number of aromatic nitrogens is 2. The van der Waals surface area contributed by atoms with Gasteiger partial charge in [0.05, 0.1) is 17.0 Å². The summed E-state index contributed by atoms with van der Waals surface area (Å²) in [5.41, 5.74) is 0.337. The van der Waals surface area contributed by atoms with Gasteiger partial charge in [-0.15, -0.1) is 0 Å². The summed E-state index contributed by atoms with van der Waals surface area (Å²) in [6.07, 6.45) is 2.20. The number of imide groups is 1. The fourth-order valence-corrected chi connectivity index (χ4v) is 2.86. The largest absolute Gasteiger partial charge is 0.449 e. The first-order chi connectivity index (χ1) is 13.8. The summed E-state index contributed by atoms with van der Waals surface area (Å²) in [5.74, 6) is -1.81. The van der Waals surface area contributed by atoms with Gasteiger partial charge in [-0.05, 0) is 19.1 Å². The Hall–Kier alpha value is -3.34. The molecule has 4 amide bonds. The average Bonchev–Trinajstić information content (AvgIpc) is 3.11. The van der Waals surface area contributed by atoms with Gasteiger partial charge in [0.1, 0.15) is 0 Å². The number of aryl methyl sites for hydroxylation is 1. The number of esters is 1. The Morgan fingerprint density at radius 2 is 1.97 bits per heavy atom. The Kier molecular flexibility index (Phi) is 7.78. The molecule has 0 aliphatic rings. The van der Waals surface area contributed by atoms with Gasteiger partial charge in [0.25, 0.3) is 5.91 Å². The first-order valence-electron chi connectivity index (χ1n) is 8.54. The van der Waals surface area contributed by atoms with E-state index in [2.05, 4.69) is 15.6 Å². The molecule has 10 nitrogen and oxygen atoms in total. The highest BCUT2D eigenvalue weighted by molar-refractivity contribution is 7.99. The molecule has 0 aliphatic carbocycles. The third-order valence-corrected chi connectivity index (χ3v) is 4.71. The number of rotatable bonds is 7. The maximum absolute atomic E-state index is 12.4. The number of benzene rings is 1. The van der Waals surface area contributed by atoms with Crippen molar-refractivity contribution in [3.8, 4) is 0 Å². The first kappa shape index (κ1) is 22.0. The molecule has 1 heterocycles. The Morgan fingerprint density at radius 3 is 2.62 bits per heavy atom. The molecular formula is C18H21N5O5S. The van der Waals surface area contributed by atoms with Crippen LogP contribution in [0.1, 0.15) is 17.3 Å². The van der Waals surface area contributed by atoms with Crippen LogP contribution in [0, 0.1) is 0 Å². The average molecular weight is 419 g/mol. The topological polar surface area (TPSA) is 131 Å². The summed E-state index contributed by atoms with van der Waals surface area (Å²) in [6, 6.07) is 5.56. The second-order valence-corrected chi connectivity index (χ2v) is 6.76. The molecule has 0 bridgehead atoms. The van der Waals surface area contributed by atoms with Crippen molar-refractivity contribution in [3.63, 3.8) is 0 Å². The monoisotopic (exact) mass is 419 g/mol. The van der Waals surface area contributed by atoms with Crippen LogP contribution in [0.5, 0.6) is 0 Å². The lowest BCUT2D eigenvalue weighted by Crippen LogP contribution is -2.43. The number of ether oxygens (including phenoxy) is 1. The number of amides is 4. The number of nitrogens with zero attached hydrogens (tertiary/aromatic N) is 2. The number of thioether (sulfide) groups is 1. The zero-order valence-electron chi connectivity index (χ0n) is 16.1. The van der Waals surface area contributed by atoms with Gasteiger partial charge < -0.3 is 19.9 Å². The number of urea groups is 1. The summed E-state index contributed by atoms with van der Waals surface area (Å²) >= 11 is 1.25. The molecule has 1 aromatic heterocycles. The smallest absolute Gasteiger partial charge is 0.341 e. The van der Waals surface area contributed by atoms with E-state index in [0.717, 1.165) is 0 Å². The summed E-state index contributed by atoms with van der Waals surface area (Å²) in [4.78, 5) is 51.8. The van der Waals surface area contributed by atoms with E-state index in [1.54, 1.807) is 35.2 Å². The van der Waals surface area contributed by atoms with Crippen LogP contribution in [-0.2, 0) is 21.4 Å². The number of hydrogen-bond donors (Lipinski definition) is 3. The molecule has 0 spiro atoms. The summed E-state index contributed by atoms with van der Waals surface area (Å²) in [6.45, 7) is 1.33. The van der Waals surface area contributed by atoms with E-state index in [4.69, 9.17) is 4.74 Å². The molecule has 0 unspecified atom stereocenters. The second-order valence-electron chi connectivity index (χ2n) is 5.82. The van der Waals surface area contributed by atoms with Gasteiger partial charge in [-0.25, -0.2) is 14.6 Å². The molecule has 0 radical (unpaired) electrons. The Labute approximate surface area is 171 Å². The molecule has 2 aromatic rings. The molecule has 0 saturated heterocycles. The maximum Gasteiger partial charge on any atom is 0.341 e. The maximum atomic E-state index is 12.4. The fraction of sp³-hybridized carbons (Fsp3) is 0.278. The quantitative estimate of drug-likeness (QED) is 0.453. The standard InChI is InChI=1S/C18H21N5O5S/c1-11(15(25)22-17(27)19-2)28-16(26)12-6-4-5-7-13(12)21-14(24)10-29-18-20-8-9-23(18)3/h4-9,11H,10H2,1-3H3,(H,21,24)(H2,19,22,25,27)/t11-/m1/s1. The summed E-state index contributed by atoms with van der Waals surface area (Å²) < 4.78 is 6.89. The van der Waals surface area contributed by atoms with Crippen molar-refractivity contribution < 1.29 is 23.9 Å². The predicted octanol–water partition coefficient (Wildman–Crippen LogP) is 1.15. The molecule has 154 valence electrons. The predicted molar refractivity (Wildman–Crippen MR) is 106 cm³/mol. The zero-order chi connectivity index (χ0) is 21.4. The van der Waals surface area contributed by atoms with E-state index in [-0.39, 0.29) is 22.9 Å². The number of imidazole rings is 1. The van der Waals surface area contributed by atoms with E-state index >= 15 is 0 Å². The number of carbonyl (C=O) groups excluding carboxylic acids is 4. The minimum Gasteiger partial charge on any atom is -0.449 e. The normalized spacial score (nSPS) is 11.3. The third-order valence-electron chi connectivity index (χ3n) is 3.65. The van der Waals surface area contributed by atoms with E-state index < -0.39 is 24.0 Å². The molecule has 29 heavy (non-hydrogen) atoms. The second kappa shape index (κ2) is 10.3. The highest BCUT2D eigenvalue weighted by atomic mass is 32.2. The minimum atomic E-state index is -1.21. The number of para-hydroxylation sites is 1. The SMILES string of the molecule is CNC(=O)NC(=O)[C@@H](C)OC(=O)c1ccccc1NC(=O)CSc1nccn1C. The van der Waals surface area contributed by atoms with Crippen molar-refractivity contribution in [1.29, 1.82) is 0 Å². The number of nitrogens with one attached hydrogen (secondary N) is 3. The van der Waals surface area contributed by atoms with Gasteiger partial charge in [0.2, 0.25) is 5.91 Å². The van der Waals surface area contributed by atoms with Crippen LogP contribution in [0.3, 0.4) is 0 Å². The first-order valence-corrected chi connectivity index (χ1v) is 9.53. The van der Waals surface area contributed by atoms with Crippen LogP contribution in [-0.4, -0.2) is 52.3 Å². The van der Waals surface area contributed by atoms with E-state index in [9.17, 15) is 19.2 Å². The van der Waals surface area contributed by atoms with E-state index in [1.165, 1.54) is 31.8 Å². The third kappa shape index (κ3) is 6.35. The van der Waals surface area contributed by atoms with Crippen molar-refractivity contribution in [3.05, 3.63) is 42.2 Å². The van der Waals surface area contributed by atoms with Crippen LogP contribution in [0.15, 0.2) is 41.8 Å². The van der Waals surface area contributed by atoms with Gasteiger partial charge in [-0.1, -0.05) is 23.9 Å². The van der Waals surface area contributed by atoms with Crippen LogP contribution in [0.25, 0.3) is 0 Å². The summed E-state index contributed by atoms with van der Waals surface area (Å²) in [7, 11) is 3.17. The van der Waals surface area contributed by atoms with Gasteiger partial charge in [0, 0.05) is 26.5 Å². The highest BCUT2D eigenvalue weighted by Crippen LogP contribution is 2.19. The van der Waals surface area contributed by atoms with Crippen LogP contribution >= 0.6 is 11.8 Å². The molecule has 0 fully saturated rings.